The molecule has 4 heteroatoms. The average molecular weight is 1900 g/mol. The molecule has 0 aliphatic heterocycles. The number of hydrogen-bond donors (Lipinski definition) is 0. The van der Waals surface area contributed by atoms with E-state index in [0.717, 1.165) is 187 Å². The second-order valence-corrected chi connectivity index (χ2v) is 38.9. The van der Waals surface area contributed by atoms with Crippen LogP contribution in [0.3, 0.4) is 0 Å². The summed E-state index contributed by atoms with van der Waals surface area (Å²) in [6.07, 6.45) is 10.0. The second kappa shape index (κ2) is 39.8. The van der Waals surface area contributed by atoms with Crippen LogP contribution in [0.15, 0.2) is 582 Å². The lowest BCUT2D eigenvalue weighted by Crippen LogP contribution is -2.12. The number of anilines is 6. The minimum Gasteiger partial charge on any atom is -0.310 e. The maximum absolute atomic E-state index is 2.55. The SMILES string of the molecule is C1=CCCCC(c2cc(-c3ccccc3)cc(N(c3cc(-c4ccccc4)cc(-c4cccc(-c5ccc(-c6cc(-c7ccccc7)cc(-c7ccc(N(c8ccc(-c9cc(-c%10ccccc%10)cc(-c%10ccccc%10)c9)cc8)c8ccccc8-c8cccc(-c9cccc%10c9c9ccccc9n%10-c9ccccc9)c8)cc7)c6)cc5)c4)c3)c3ccccc3-c3cccc(-c4cccc5c4c4ccccc4n5-c4ccccc4)c3)c2)=C1. The van der Waals surface area contributed by atoms with Gasteiger partial charge >= 0.3 is 0 Å². The lowest BCUT2D eigenvalue weighted by Gasteiger charge is -2.30. The molecule has 4 nitrogen and oxygen atoms in total. The fraction of sp³-hybridized carbons (Fsp3) is 0.0207. The normalized spacial score (nSPS) is 12.0. The summed E-state index contributed by atoms with van der Waals surface area (Å²) in [6, 6.07) is 209. The molecule has 0 N–H and O–H groups in total. The van der Waals surface area contributed by atoms with Crippen molar-refractivity contribution in [3.8, 4) is 167 Å². The van der Waals surface area contributed by atoms with Crippen LogP contribution in [-0.4, -0.2) is 9.13 Å². The molecule has 0 fully saturated rings. The first kappa shape index (κ1) is 89.8. The van der Waals surface area contributed by atoms with Crippen LogP contribution in [0.25, 0.3) is 216 Å². The molecule has 26 rings (SSSR count). The maximum Gasteiger partial charge on any atom is 0.0547 e. The van der Waals surface area contributed by atoms with Gasteiger partial charge in [-0.05, 0) is 351 Å². The van der Waals surface area contributed by atoms with E-state index in [1.165, 1.54) is 88.1 Å². The Kier molecular flexibility index (Phi) is 24.0. The van der Waals surface area contributed by atoms with Gasteiger partial charge in [-0.3, -0.25) is 0 Å². The average Bonchev–Trinajstić information content (AvgIpc) is 1.59. The summed E-state index contributed by atoms with van der Waals surface area (Å²) in [5.74, 6) is 0. The summed E-state index contributed by atoms with van der Waals surface area (Å²) < 4.78 is 4.82. The Balaban J connectivity index is 0.569. The zero-order chi connectivity index (χ0) is 98.9. The third-order valence-corrected chi connectivity index (χ3v) is 29.7. The van der Waals surface area contributed by atoms with Crippen LogP contribution in [0.1, 0.15) is 24.8 Å². The Morgan fingerprint density at radius 2 is 0.416 bits per heavy atom. The zero-order valence-corrected chi connectivity index (χ0v) is 82.3. The van der Waals surface area contributed by atoms with E-state index in [-0.39, 0.29) is 0 Å². The van der Waals surface area contributed by atoms with Crippen LogP contribution in [0, 0.1) is 0 Å². The molecule has 0 radical (unpaired) electrons. The first-order valence-electron chi connectivity index (χ1n) is 51.7. The van der Waals surface area contributed by atoms with Gasteiger partial charge in [0, 0.05) is 66.8 Å². The predicted octanol–water partition coefficient (Wildman–Crippen LogP) is 40.3. The number of nitrogens with zero attached hydrogens (tertiary/aromatic N) is 4. The first-order valence-corrected chi connectivity index (χ1v) is 51.7. The lowest BCUT2D eigenvalue weighted by atomic mass is 9.91. The Morgan fingerprint density at radius 1 is 0.168 bits per heavy atom. The fourth-order valence-corrected chi connectivity index (χ4v) is 22.5. The summed E-state index contributed by atoms with van der Waals surface area (Å²) in [7, 11) is 0. The van der Waals surface area contributed by atoms with Crippen molar-refractivity contribution in [3.05, 3.63) is 588 Å². The van der Waals surface area contributed by atoms with Crippen molar-refractivity contribution in [3.63, 3.8) is 0 Å². The lowest BCUT2D eigenvalue weighted by molar-refractivity contribution is 0.886. The molecule has 0 saturated carbocycles. The molecule has 1 aliphatic carbocycles. The van der Waals surface area contributed by atoms with Crippen molar-refractivity contribution in [2.45, 2.75) is 19.3 Å². The Hall–Kier alpha value is -19.3. The van der Waals surface area contributed by atoms with E-state index in [2.05, 4.69) is 601 Å². The van der Waals surface area contributed by atoms with Crippen molar-refractivity contribution < 1.29 is 0 Å². The number of benzene rings is 23. The van der Waals surface area contributed by atoms with Crippen LogP contribution < -0.4 is 9.80 Å². The maximum atomic E-state index is 2.55. The number of para-hydroxylation sites is 6. The Labute approximate surface area is 870 Å². The molecule has 702 valence electrons. The van der Waals surface area contributed by atoms with Gasteiger partial charge in [-0.1, -0.05) is 406 Å². The highest BCUT2D eigenvalue weighted by Crippen LogP contribution is 2.52. The van der Waals surface area contributed by atoms with Gasteiger partial charge in [0.05, 0.1) is 33.4 Å². The predicted molar refractivity (Wildman–Crippen MR) is 632 cm³/mol. The molecule has 0 bridgehead atoms. The molecule has 1 aliphatic rings. The van der Waals surface area contributed by atoms with Gasteiger partial charge in [0.1, 0.15) is 0 Å². The van der Waals surface area contributed by atoms with Gasteiger partial charge in [0.2, 0.25) is 0 Å². The van der Waals surface area contributed by atoms with E-state index < -0.39 is 0 Å². The number of allylic oxidation sites excluding steroid dienone is 4. The summed E-state index contributed by atoms with van der Waals surface area (Å²) >= 11 is 0. The monoisotopic (exact) mass is 1900 g/mol. The van der Waals surface area contributed by atoms with Gasteiger partial charge < -0.3 is 18.9 Å². The van der Waals surface area contributed by atoms with Gasteiger partial charge in [-0.15, -0.1) is 0 Å². The van der Waals surface area contributed by atoms with Crippen molar-refractivity contribution >= 4 is 83.3 Å². The molecule has 0 atom stereocenters. The molecule has 2 heterocycles. The van der Waals surface area contributed by atoms with E-state index >= 15 is 0 Å². The zero-order valence-electron chi connectivity index (χ0n) is 82.3. The molecular weight excluding hydrogens is 1800 g/mol. The van der Waals surface area contributed by atoms with Crippen LogP contribution >= 0.6 is 0 Å². The van der Waals surface area contributed by atoms with Crippen molar-refractivity contribution in [2.75, 3.05) is 9.80 Å². The number of fused-ring (bicyclic) bond motifs is 6. The Morgan fingerprint density at radius 3 is 0.812 bits per heavy atom. The number of hydrogen-bond acceptors (Lipinski definition) is 2. The van der Waals surface area contributed by atoms with E-state index in [9.17, 15) is 0 Å². The fourth-order valence-electron chi connectivity index (χ4n) is 22.5. The van der Waals surface area contributed by atoms with Crippen LogP contribution in [0.2, 0.25) is 0 Å². The van der Waals surface area contributed by atoms with Gasteiger partial charge in [-0.25, -0.2) is 0 Å². The van der Waals surface area contributed by atoms with Crippen LogP contribution in [0.5, 0.6) is 0 Å². The number of aromatic nitrogens is 2. The van der Waals surface area contributed by atoms with Crippen LogP contribution in [0.4, 0.5) is 34.1 Å². The van der Waals surface area contributed by atoms with E-state index in [1.54, 1.807) is 0 Å². The summed E-state index contributed by atoms with van der Waals surface area (Å²) in [6.45, 7) is 0. The minimum absolute atomic E-state index is 0.971. The van der Waals surface area contributed by atoms with Gasteiger partial charge in [0.15, 0.2) is 0 Å². The topological polar surface area (TPSA) is 16.3 Å². The van der Waals surface area contributed by atoms with Crippen molar-refractivity contribution in [1.82, 2.24) is 9.13 Å². The third kappa shape index (κ3) is 17.7. The summed E-state index contributed by atoms with van der Waals surface area (Å²) in [5.41, 5.74) is 47.7. The molecule has 2 aromatic heterocycles. The molecule has 0 unspecified atom stereocenters. The molecule has 149 heavy (non-hydrogen) atoms. The number of rotatable bonds is 23. The largest absolute Gasteiger partial charge is 0.310 e. The Bertz CT molecular complexity index is 9290. The van der Waals surface area contributed by atoms with Crippen LogP contribution in [-0.2, 0) is 0 Å². The van der Waals surface area contributed by atoms with Gasteiger partial charge in [-0.2, -0.15) is 0 Å². The molecule has 23 aromatic carbocycles. The first-order chi connectivity index (χ1) is 73.9. The highest BCUT2D eigenvalue weighted by Gasteiger charge is 2.27. The smallest absolute Gasteiger partial charge is 0.0547 e. The third-order valence-electron chi connectivity index (χ3n) is 29.7. The molecule has 0 amide bonds. The standard InChI is InChI=1S/C145H102N4/c1-2-11-40-103(39-10-1)122-94-123(104-47-18-6-19-48-104)97-130(96-122)147(139-68-31-27-62-133(139)113-54-36-56-115(87-113)135-66-38-72-143-145(135)137-64-29-33-70-141(137)149(143)127-59-24-9-25-60-127)131-98-124(105-49-20-7-21-50-105)95-125(99-131)111-52-34-51-110(85-111)106-73-75-107(76-74-106)119-89-118(102-45-16-5-17-46-102)92-121(93-119)109-79-83-129(84-80-109)146(128-81-77-108(78-82-128)120-90-116(100-41-12-3-13-42-100)88-117(91-120)101-43-14-4-15-44-101)138-67-30-26-61-132(138)112-53-35-55-114(86-112)134-65-37-71-142-144(134)136-63-28-32-69-140(136)148(142)126-57-22-8-23-58-126/h1,3-10,12-39,41-99H,2,11,40H2. The molecule has 0 saturated heterocycles. The quantitative estimate of drug-likeness (QED) is 0.0635. The highest BCUT2D eigenvalue weighted by atomic mass is 15.2. The summed E-state index contributed by atoms with van der Waals surface area (Å²) in [5, 5.41) is 4.90. The molecule has 25 aromatic rings. The second-order valence-electron chi connectivity index (χ2n) is 38.9. The van der Waals surface area contributed by atoms with Crippen molar-refractivity contribution in [1.29, 1.82) is 0 Å². The van der Waals surface area contributed by atoms with E-state index in [0.29, 0.717) is 0 Å². The van der Waals surface area contributed by atoms with E-state index in [1.807, 2.05) is 0 Å². The highest BCUT2D eigenvalue weighted by molar-refractivity contribution is 6.18. The minimum atomic E-state index is 0.971. The van der Waals surface area contributed by atoms with Crippen molar-refractivity contribution in [2.24, 2.45) is 0 Å². The van der Waals surface area contributed by atoms with Gasteiger partial charge in [0.25, 0.3) is 0 Å². The van der Waals surface area contributed by atoms with E-state index in [4.69, 9.17) is 0 Å². The molecular formula is C145H102N4. The summed E-state index contributed by atoms with van der Waals surface area (Å²) in [4.78, 5) is 4.99. The molecule has 0 spiro atoms.